The number of carbonyl (C=O) groups is 1. The summed E-state index contributed by atoms with van der Waals surface area (Å²) in [6.07, 6.45) is 2.74. The monoisotopic (exact) mass is 311 g/mol. The maximum Gasteiger partial charge on any atom is 0.409 e. The second-order valence-electron chi connectivity index (χ2n) is 6.25. The molecule has 0 aliphatic carbocycles. The molecule has 7 heteroatoms. The van der Waals surface area contributed by atoms with E-state index < -0.39 is 0 Å². The van der Waals surface area contributed by atoms with Gasteiger partial charge >= 0.3 is 6.09 Å². The molecule has 3 N–H and O–H groups in total. The summed E-state index contributed by atoms with van der Waals surface area (Å²) < 4.78 is 5.02. The molecule has 1 amide bonds. The Bertz CT molecular complexity index is 393. The smallest absolute Gasteiger partial charge is 0.409 e. The Morgan fingerprint density at radius 2 is 2.05 bits per heavy atom. The molecule has 126 valence electrons. The molecule has 2 rings (SSSR count). The summed E-state index contributed by atoms with van der Waals surface area (Å²) in [4.78, 5) is 20.2. The fraction of sp³-hybridized carbons (Fsp3) is 0.867. The van der Waals surface area contributed by atoms with E-state index in [2.05, 4.69) is 22.3 Å². The molecule has 7 nitrogen and oxygen atoms in total. The average molecular weight is 311 g/mol. The van der Waals surface area contributed by atoms with Crippen LogP contribution in [0.2, 0.25) is 0 Å². The van der Waals surface area contributed by atoms with Crippen molar-refractivity contribution in [3.05, 3.63) is 0 Å². The molecule has 0 aromatic carbocycles. The van der Waals surface area contributed by atoms with Crippen LogP contribution in [0, 0.1) is 5.92 Å². The minimum atomic E-state index is -0.215. The summed E-state index contributed by atoms with van der Waals surface area (Å²) in [5.41, 5.74) is 5.98. The number of aliphatic imine (C=N–C) groups is 1. The third kappa shape index (κ3) is 5.05. The Kier molecular flexibility index (Phi) is 6.30. The Hall–Kier alpha value is -1.50. The number of hydrogen-bond acceptors (Lipinski definition) is 4. The molecule has 2 aliphatic heterocycles. The highest BCUT2D eigenvalue weighted by molar-refractivity contribution is 5.78. The molecular weight excluding hydrogens is 282 g/mol. The number of likely N-dealkylation sites (tertiary alicyclic amines) is 2. The van der Waals surface area contributed by atoms with E-state index in [0.717, 1.165) is 32.5 Å². The van der Waals surface area contributed by atoms with Crippen molar-refractivity contribution in [3.8, 4) is 0 Å². The summed E-state index contributed by atoms with van der Waals surface area (Å²) in [5.74, 6) is 1.15. The molecule has 1 unspecified atom stereocenters. The van der Waals surface area contributed by atoms with Gasteiger partial charge in [0.15, 0.2) is 5.96 Å². The van der Waals surface area contributed by atoms with Crippen molar-refractivity contribution in [2.24, 2.45) is 16.6 Å². The topological polar surface area (TPSA) is 83.2 Å². The molecule has 0 radical (unpaired) electrons. The normalized spacial score (nSPS) is 24.5. The van der Waals surface area contributed by atoms with Gasteiger partial charge in [0, 0.05) is 32.2 Å². The Morgan fingerprint density at radius 3 is 2.64 bits per heavy atom. The molecule has 2 aliphatic rings. The van der Waals surface area contributed by atoms with Crippen molar-refractivity contribution in [1.29, 1.82) is 0 Å². The number of rotatable bonds is 4. The molecule has 1 atom stereocenters. The van der Waals surface area contributed by atoms with E-state index in [4.69, 9.17) is 10.5 Å². The van der Waals surface area contributed by atoms with Gasteiger partial charge in [0.25, 0.3) is 0 Å². The summed E-state index contributed by atoms with van der Waals surface area (Å²) in [6.45, 7) is 6.71. The van der Waals surface area contributed by atoms with Gasteiger partial charge in [-0.1, -0.05) is 0 Å². The Labute approximate surface area is 132 Å². The average Bonchev–Trinajstić information content (AvgIpc) is 2.92. The lowest BCUT2D eigenvalue weighted by molar-refractivity contribution is 0.0963. The van der Waals surface area contributed by atoms with E-state index in [9.17, 15) is 4.79 Å². The highest BCUT2D eigenvalue weighted by atomic mass is 16.6. The number of hydrogen-bond donors (Lipinski definition) is 2. The third-order valence-electron chi connectivity index (χ3n) is 4.38. The van der Waals surface area contributed by atoms with Gasteiger partial charge in [-0.2, -0.15) is 0 Å². The molecule has 0 aromatic rings. The largest absolute Gasteiger partial charge is 0.450 e. The first-order valence-corrected chi connectivity index (χ1v) is 8.25. The third-order valence-corrected chi connectivity index (χ3v) is 4.38. The van der Waals surface area contributed by atoms with Crippen molar-refractivity contribution >= 4 is 12.1 Å². The van der Waals surface area contributed by atoms with Crippen LogP contribution < -0.4 is 11.1 Å². The Balaban J connectivity index is 1.67. The van der Waals surface area contributed by atoms with Crippen LogP contribution in [-0.2, 0) is 4.74 Å². The number of nitrogens with zero attached hydrogens (tertiary/aromatic N) is 3. The van der Waals surface area contributed by atoms with E-state index in [1.165, 1.54) is 6.42 Å². The van der Waals surface area contributed by atoms with Crippen LogP contribution in [0.4, 0.5) is 4.79 Å². The first kappa shape index (κ1) is 16.9. The van der Waals surface area contributed by atoms with Gasteiger partial charge < -0.3 is 25.6 Å². The molecule has 2 fully saturated rings. The summed E-state index contributed by atoms with van der Waals surface area (Å²) in [7, 11) is 2.14. The van der Waals surface area contributed by atoms with Crippen LogP contribution in [0.5, 0.6) is 0 Å². The lowest BCUT2D eigenvalue weighted by atomic mass is 10.1. The van der Waals surface area contributed by atoms with Crippen LogP contribution >= 0.6 is 0 Å². The lowest BCUT2D eigenvalue weighted by Crippen LogP contribution is -2.48. The van der Waals surface area contributed by atoms with Crippen LogP contribution in [-0.4, -0.2) is 74.3 Å². The van der Waals surface area contributed by atoms with E-state index in [1.54, 1.807) is 4.90 Å². The summed E-state index contributed by atoms with van der Waals surface area (Å²) in [6, 6.07) is 0.292. The molecular formula is C15H29N5O2. The first-order chi connectivity index (χ1) is 10.6. The van der Waals surface area contributed by atoms with Gasteiger partial charge in [0.05, 0.1) is 6.61 Å². The number of guanidine groups is 1. The minimum Gasteiger partial charge on any atom is -0.450 e. The minimum absolute atomic E-state index is 0.215. The Morgan fingerprint density at radius 1 is 1.32 bits per heavy atom. The van der Waals surface area contributed by atoms with Gasteiger partial charge in [-0.15, -0.1) is 0 Å². The second kappa shape index (κ2) is 8.22. The van der Waals surface area contributed by atoms with Crippen molar-refractivity contribution in [1.82, 2.24) is 15.1 Å². The van der Waals surface area contributed by atoms with Gasteiger partial charge in [0.2, 0.25) is 0 Å². The van der Waals surface area contributed by atoms with Crippen LogP contribution in [0.25, 0.3) is 0 Å². The highest BCUT2D eigenvalue weighted by Gasteiger charge is 2.24. The fourth-order valence-corrected chi connectivity index (χ4v) is 3.08. The number of carbonyl (C=O) groups excluding carboxylic acids is 1. The number of amides is 1. The number of ether oxygens (including phenoxy) is 1. The summed E-state index contributed by atoms with van der Waals surface area (Å²) in [5, 5.41) is 3.28. The summed E-state index contributed by atoms with van der Waals surface area (Å²) >= 11 is 0. The van der Waals surface area contributed by atoms with Gasteiger partial charge in [-0.25, -0.2) is 4.79 Å². The predicted octanol–water partition coefficient (Wildman–Crippen LogP) is 0.463. The molecule has 0 saturated carbocycles. The fourth-order valence-electron chi connectivity index (χ4n) is 3.08. The zero-order chi connectivity index (χ0) is 15.9. The van der Waals surface area contributed by atoms with Crippen LogP contribution in [0.3, 0.4) is 0 Å². The number of piperidine rings is 1. The molecule has 22 heavy (non-hydrogen) atoms. The van der Waals surface area contributed by atoms with Gasteiger partial charge in [-0.3, -0.25) is 4.99 Å². The predicted molar refractivity (Wildman–Crippen MR) is 86.8 cm³/mol. The lowest BCUT2D eigenvalue weighted by Gasteiger charge is -2.31. The standard InChI is InChI=1S/C15H29N5O2/c1-3-22-15(21)20-8-5-13(6-9-20)18-14(16)17-10-12-4-7-19(2)11-12/h12-13H,3-11H2,1-2H3,(H3,16,17,18). The van der Waals surface area contributed by atoms with E-state index in [1.807, 2.05) is 6.92 Å². The zero-order valence-electron chi connectivity index (χ0n) is 13.8. The van der Waals surface area contributed by atoms with Crippen molar-refractivity contribution in [3.63, 3.8) is 0 Å². The van der Waals surface area contributed by atoms with Crippen molar-refractivity contribution in [2.45, 2.75) is 32.2 Å². The number of nitrogens with one attached hydrogen (secondary N) is 1. The SMILES string of the molecule is CCOC(=O)N1CCC(NC(N)=NCC2CCN(C)C2)CC1. The van der Waals surface area contributed by atoms with Crippen molar-refractivity contribution < 1.29 is 9.53 Å². The quantitative estimate of drug-likeness (QED) is 0.582. The van der Waals surface area contributed by atoms with E-state index >= 15 is 0 Å². The molecule has 2 heterocycles. The highest BCUT2D eigenvalue weighted by Crippen LogP contribution is 2.14. The van der Waals surface area contributed by atoms with Crippen LogP contribution in [0.15, 0.2) is 4.99 Å². The molecule has 2 saturated heterocycles. The van der Waals surface area contributed by atoms with E-state index in [-0.39, 0.29) is 6.09 Å². The zero-order valence-corrected chi connectivity index (χ0v) is 13.8. The maximum absolute atomic E-state index is 11.6. The second-order valence-corrected chi connectivity index (χ2v) is 6.25. The number of nitrogens with two attached hydrogens (primary N) is 1. The van der Waals surface area contributed by atoms with E-state index in [0.29, 0.717) is 37.6 Å². The molecule has 0 aromatic heterocycles. The maximum atomic E-state index is 11.6. The molecule has 0 bridgehead atoms. The van der Waals surface area contributed by atoms with Gasteiger partial charge in [-0.05, 0) is 45.7 Å². The van der Waals surface area contributed by atoms with Crippen LogP contribution in [0.1, 0.15) is 26.2 Å². The first-order valence-electron chi connectivity index (χ1n) is 8.25. The molecule has 0 spiro atoms. The van der Waals surface area contributed by atoms with Crippen molar-refractivity contribution in [2.75, 3.05) is 46.4 Å². The van der Waals surface area contributed by atoms with Gasteiger partial charge in [0.1, 0.15) is 0 Å².